The number of anilines is 1. The third kappa shape index (κ3) is 3.44. The van der Waals surface area contributed by atoms with E-state index in [9.17, 15) is 0 Å². The molecular formula is C12H20N2O. The molecule has 0 aromatic heterocycles. The van der Waals surface area contributed by atoms with Crippen LogP contribution in [0.5, 0.6) is 5.75 Å². The van der Waals surface area contributed by atoms with Crippen molar-refractivity contribution in [2.24, 2.45) is 5.73 Å². The lowest BCUT2D eigenvalue weighted by molar-refractivity contribution is 0.415. The lowest BCUT2D eigenvalue weighted by atomic mass is 10.2. The van der Waals surface area contributed by atoms with Gasteiger partial charge in [0.1, 0.15) is 5.75 Å². The van der Waals surface area contributed by atoms with Crippen LogP contribution >= 0.6 is 0 Å². The van der Waals surface area contributed by atoms with Gasteiger partial charge in [-0.15, -0.1) is 0 Å². The van der Waals surface area contributed by atoms with Crippen LogP contribution in [-0.2, 0) is 0 Å². The fourth-order valence-corrected chi connectivity index (χ4v) is 1.56. The monoisotopic (exact) mass is 208 g/mol. The van der Waals surface area contributed by atoms with Crippen LogP contribution in [0.25, 0.3) is 0 Å². The number of nitrogens with zero attached hydrogens (tertiary/aromatic N) is 1. The van der Waals surface area contributed by atoms with Crippen LogP contribution in [0.4, 0.5) is 5.69 Å². The van der Waals surface area contributed by atoms with Crippen molar-refractivity contribution in [1.29, 1.82) is 0 Å². The lowest BCUT2D eigenvalue weighted by Crippen LogP contribution is -2.25. The maximum atomic E-state index is 5.51. The second kappa shape index (κ2) is 6.30. The maximum Gasteiger partial charge on any atom is 0.120 e. The average molecular weight is 208 g/mol. The van der Waals surface area contributed by atoms with Gasteiger partial charge in [0.05, 0.1) is 7.11 Å². The SMILES string of the molecule is CCN(CCCN)c1cccc(OC)c1. The van der Waals surface area contributed by atoms with Crippen LogP contribution in [-0.4, -0.2) is 26.7 Å². The highest BCUT2D eigenvalue weighted by Gasteiger charge is 2.04. The number of hydrogen-bond acceptors (Lipinski definition) is 3. The van der Waals surface area contributed by atoms with Gasteiger partial charge < -0.3 is 15.4 Å². The Hall–Kier alpha value is -1.22. The Kier molecular flexibility index (Phi) is 4.98. The van der Waals surface area contributed by atoms with Gasteiger partial charge in [0.25, 0.3) is 0 Å². The Morgan fingerprint density at radius 2 is 2.20 bits per heavy atom. The molecule has 1 aromatic rings. The van der Waals surface area contributed by atoms with E-state index in [4.69, 9.17) is 10.5 Å². The van der Waals surface area contributed by atoms with E-state index in [0.29, 0.717) is 0 Å². The molecule has 0 saturated carbocycles. The van der Waals surface area contributed by atoms with E-state index >= 15 is 0 Å². The van der Waals surface area contributed by atoms with Gasteiger partial charge in [-0.2, -0.15) is 0 Å². The Labute approximate surface area is 91.8 Å². The molecule has 3 nitrogen and oxygen atoms in total. The topological polar surface area (TPSA) is 38.5 Å². The van der Waals surface area contributed by atoms with Crippen LogP contribution in [0.1, 0.15) is 13.3 Å². The first-order valence-electron chi connectivity index (χ1n) is 5.41. The molecule has 0 heterocycles. The number of hydrogen-bond donors (Lipinski definition) is 1. The predicted molar refractivity (Wildman–Crippen MR) is 64.6 cm³/mol. The zero-order valence-electron chi connectivity index (χ0n) is 9.57. The summed E-state index contributed by atoms with van der Waals surface area (Å²) in [5, 5.41) is 0. The molecule has 1 rings (SSSR count). The highest BCUT2D eigenvalue weighted by atomic mass is 16.5. The summed E-state index contributed by atoms with van der Waals surface area (Å²) >= 11 is 0. The van der Waals surface area contributed by atoms with Crippen molar-refractivity contribution in [2.75, 3.05) is 31.6 Å². The lowest BCUT2D eigenvalue weighted by Gasteiger charge is -2.23. The van der Waals surface area contributed by atoms with E-state index in [-0.39, 0.29) is 0 Å². The molecule has 3 heteroatoms. The highest BCUT2D eigenvalue weighted by molar-refractivity contribution is 5.50. The van der Waals surface area contributed by atoms with Crippen LogP contribution < -0.4 is 15.4 Å². The second-order valence-electron chi connectivity index (χ2n) is 3.42. The van der Waals surface area contributed by atoms with Crippen molar-refractivity contribution in [2.45, 2.75) is 13.3 Å². The molecular weight excluding hydrogens is 188 g/mol. The van der Waals surface area contributed by atoms with Crippen molar-refractivity contribution < 1.29 is 4.74 Å². The molecule has 0 bridgehead atoms. The molecule has 2 N–H and O–H groups in total. The van der Waals surface area contributed by atoms with E-state index in [1.807, 2.05) is 12.1 Å². The van der Waals surface area contributed by atoms with Crippen molar-refractivity contribution in [3.63, 3.8) is 0 Å². The molecule has 0 radical (unpaired) electrons. The first-order valence-corrected chi connectivity index (χ1v) is 5.41. The molecule has 0 fully saturated rings. The van der Waals surface area contributed by atoms with E-state index in [0.717, 1.165) is 31.8 Å². The molecule has 0 spiro atoms. The summed E-state index contributed by atoms with van der Waals surface area (Å²) in [6.07, 6.45) is 1.02. The van der Waals surface area contributed by atoms with Crippen LogP contribution in [0, 0.1) is 0 Å². The number of nitrogens with two attached hydrogens (primary N) is 1. The molecule has 0 amide bonds. The van der Waals surface area contributed by atoms with Gasteiger partial charge in [0.15, 0.2) is 0 Å². The van der Waals surface area contributed by atoms with Gasteiger partial charge in [-0.1, -0.05) is 6.07 Å². The Bertz CT molecular complexity index is 289. The largest absolute Gasteiger partial charge is 0.497 e. The fraction of sp³-hybridized carbons (Fsp3) is 0.500. The van der Waals surface area contributed by atoms with Gasteiger partial charge in [-0.05, 0) is 32.0 Å². The summed E-state index contributed by atoms with van der Waals surface area (Å²) in [4.78, 5) is 2.30. The summed E-state index contributed by atoms with van der Waals surface area (Å²) in [7, 11) is 1.69. The highest BCUT2D eigenvalue weighted by Crippen LogP contribution is 2.20. The van der Waals surface area contributed by atoms with Gasteiger partial charge in [-0.25, -0.2) is 0 Å². The third-order valence-corrected chi connectivity index (χ3v) is 2.43. The van der Waals surface area contributed by atoms with Gasteiger partial charge in [-0.3, -0.25) is 0 Å². The van der Waals surface area contributed by atoms with Crippen LogP contribution in [0.2, 0.25) is 0 Å². The quantitative estimate of drug-likeness (QED) is 0.775. The minimum absolute atomic E-state index is 0.737. The molecule has 0 aliphatic rings. The molecule has 0 aliphatic carbocycles. The van der Waals surface area contributed by atoms with E-state index in [1.54, 1.807) is 7.11 Å². The Morgan fingerprint density at radius 3 is 2.80 bits per heavy atom. The molecule has 0 unspecified atom stereocenters. The Balaban J connectivity index is 2.72. The zero-order chi connectivity index (χ0) is 11.1. The molecule has 84 valence electrons. The second-order valence-corrected chi connectivity index (χ2v) is 3.42. The first kappa shape index (κ1) is 11.9. The molecule has 0 saturated heterocycles. The molecule has 1 aromatic carbocycles. The van der Waals surface area contributed by atoms with Crippen LogP contribution in [0.15, 0.2) is 24.3 Å². The summed E-state index contributed by atoms with van der Waals surface area (Å²) in [6, 6.07) is 8.13. The van der Waals surface area contributed by atoms with Crippen molar-refractivity contribution >= 4 is 5.69 Å². The maximum absolute atomic E-state index is 5.51. The number of ether oxygens (including phenoxy) is 1. The van der Waals surface area contributed by atoms with Crippen LogP contribution in [0.3, 0.4) is 0 Å². The van der Waals surface area contributed by atoms with Crippen molar-refractivity contribution in [3.05, 3.63) is 24.3 Å². The predicted octanol–water partition coefficient (Wildman–Crippen LogP) is 1.87. The normalized spacial score (nSPS) is 10.1. The van der Waals surface area contributed by atoms with Crippen molar-refractivity contribution in [1.82, 2.24) is 0 Å². The fourth-order valence-electron chi connectivity index (χ4n) is 1.56. The van der Waals surface area contributed by atoms with E-state index in [2.05, 4.69) is 24.0 Å². The Morgan fingerprint density at radius 1 is 1.40 bits per heavy atom. The summed E-state index contributed by atoms with van der Waals surface area (Å²) in [6.45, 7) is 4.88. The van der Waals surface area contributed by atoms with Crippen molar-refractivity contribution in [3.8, 4) is 5.75 Å². The molecule has 15 heavy (non-hydrogen) atoms. The summed E-state index contributed by atoms with van der Waals surface area (Å²) in [5.41, 5.74) is 6.71. The van der Waals surface area contributed by atoms with Gasteiger partial charge in [0, 0.05) is 24.8 Å². The minimum atomic E-state index is 0.737. The summed E-state index contributed by atoms with van der Waals surface area (Å²) < 4.78 is 5.20. The number of benzene rings is 1. The summed E-state index contributed by atoms with van der Waals surface area (Å²) in [5.74, 6) is 0.902. The smallest absolute Gasteiger partial charge is 0.120 e. The average Bonchev–Trinajstić information content (AvgIpc) is 2.30. The number of rotatable bonds is 6. The molecule has 0 aliphatic heterocycles. The molecule has 0 atom stereocenters. The van der Waals surface area contributed by atoms with Gasteiger partial charge in [0.2, 0.25) is 0 Å². The minimum Gasteiger partial charge on any atom is -0.497 e. The van der Waals surface area contributed by atoms with E-state index in [1.165, 1.54) is 5.69 Å². The third-order valence-electron chi connectivity index (χ3n) is 2.43. The number of methoxy groups -OCH3 is 1. The standard InChI is InChI=1S/C12H20N2O/c1-3-14(9-5-8-13)11-6-4-7-12(10-11)15-2/h4,6-7,10H,3,5,8-9,13H2,1-2H3. The zero-order valence-corrected chi connectivity index (χ0v) is 9.57. The van der Waals surface area contributed by atoms with E-state index < -0.39 is 0 Å². The first-order chi connectivity index (χ1) is 7.31. The van der Waals surface area contributed by atoms with Gasteiger partial charge >= 0.3 is 0 Å².